The Morgan fingerprint density at radius 3 is 2.74 bits per heavy atom. The molecule has 2 aromatic heterocycles. The molecule has 0 bridgehead atoms. The zero-order valence-electron chi connectivity index (χ0n) is 15.1. The Kier molecular flexibility index (Phi) is 6.17. The molecule has 0 spiro atoms. The van der Waals surface area contributed by atoms with Crippen molar-refractivity contribution in [3.8, 4) is 11.4 Å². The summed E-state index contributed by atoms with van der Waals surface area (Å²) in [5.41, 5.74) is 0.651. The maximum Gasteiger partial charge on any atom is 0.239 e. The summed E-state index contributed by atoms with van der Waals surface area (Å²) in [6.45, 7) is 6.33. The number of rotatable bonds is 7. The average Bonchev–Trinajstić information content (AvgIpc) is 3.25. The van der Waals surface area contributed by atoms with Gasteiger partial charge in [0.05, 0.1) is 5.25 Å². The number of thioether (sulfide) groups is 1. The monoisotopic (exact) mass is 406 g/mol. The summed E-state index contributed by atoms with van der Waals surface area (Å²) in [7, 11) is 0. The molecular weight excluding hydrogens is 387 g/mol. The van der Waals surface area contributed by atoms with Gasteiger partial charge in [0.15, 0.2) is 11.0 Å². The number of aromatic nitrogens is 5. The number of nitrogens with one attached hydrogen (secondary N) is 1. The number of aryl methyl sites for hydroxylation is 1. The van der Waals surface area contributed by atoms with Crippen LogP contribution < -0.4 is 5.32 Å². The molecule has 1 amide bonds. The van der Waals surface area contributed by atoms with Crippen LogP contribution in [0.2, 0.25) is 0 Å². The van der Waals surface area contributed by atoms with Gasteiger partial charge < -0.3 is 4.57 Å². The second kappa shape index (κ2) is 8.57. The lowest BCUT2D eigenvalue weighted by atomic mass is 10.2. The quantitative estimate of drug-likeness (QED) is 0.601. The molecule has 3 rings (SSSR count). The topological polar surface area (TPSA) is 85.6 Å². The number of amides is 1. The zero-order valence-corrected chi connectivity index (χ0v) is 16.8. The summed E-state index contributed by atoms with van der Waals surface area (Å²) in [6.07, 6.45) is 0.611. The minimum absolute atomic E-state index is 0.156. The summed E-state index contributed by atoms with van der Waals surface area (Å²) >= 11 is 2.66. The van der Waals surface area contributed by atoms with Gasteiger partial charge in [0.1, 0.15) is 10.8 Å². The fourth-order valence-corrected chi connectivity index (χ4v) is 4.10. The third kappa shape index (κ3) is 4.51. The molecule has 2 heterocycles. The van der Waals surface area contributed by atoms with Gasteiger partial charge in [-0.15, -0.1) is 20.4 Å². The lowest BCUT2D eigenvalue weighted by Gasteiger charge is -2.14. The van der Waals surface area contributed by atoms with E-state index >= 15 is 0 Å². The van der Waals surface area contributed by atoms with E-state index in [0.717, 1.165) is 5.01 Å². The highest BCUT2D eigenvalue weighted by Crippen LogP contribution is 2.29. The molecule has 0 unspecified atom stereocenters. The molecule has 0 radical (unpaired) electrons. The van der Waals surface area contributed by atoms with Gasteiger partial charge in [0.2, 0.25) is 11.0 Å². The van der Waals surface area contributed by atoms with Gasteiger partial charge in [-0.3, -0.25) is 10.1 Å². The van der Waals surface area contributed by atoms with E-state index < -0.39 is 0 Å². The Balaban J connectivity index is 1.80. The molecule has 27 heavy (non-hydrogen) atoms. The van der Waals surface area contributed by atoms with Crippen molar-refractivity contribution in [1.82, 2.24) is 25.0 Å². The van der Waals surface area contributed by atoms with Gasteiger partial charge in [-0.1, -0.05) is 42.2 Å². The molecule has 142 valence electrons. The molecule has 0 aliphatic rings. The van der Waals surface area contributed by atoms with Crippen molar-refractivity contribution in [3.63, 3.8) is 0 Å². The van der Waals surface area contributed by atoms with Crippen LogP contribution in [0.25, 0.3) is 11.4 Å². The van der Waals surface area contributed by atoms with E-state index in [1.165, 1.54) is 35.2 Å². The van der Waals surface area contributed by atoms with Gasteiger partial charge in [-0.05, 0) is 32.4 Å². The first-order chi connectivity index (χ1) is 13.0. The summed E-state index contributed by atoms with van der Waals surface area (Å²) in [6, 6.07) is 6.24. The molecular formula is C17H19FN6OS2. The third-order valence-corrected chi connectivity index (χ3v) is 5.88. The second-order valence-corrected chi connectivity index (χ2v) is 8.04. The number of hydrogen-bond acceptors (Lipinski definition) is 7. The molecule has 3 aromatic rings. The number of anilines is 1. The normalized spacial score (nSPS) is 12.1. The smallest absolute Gasteiger partial charge is 0.239 e. The number of carbonyl (C=O) groups excluding carboxylic acids is 1. The number of benzene rings is 1. The van der Waals surface area contributed by atoms with Crippen molar-refractivity contribution in [1.29, 1.82) is 0 Å². The van der Waals surface area contributed by atoms with E-state index in [1.54, 1.807) is 12.1 Å². The first-order valence-corrected chi connectivity index (χ1v) is 10.2. The number of halogens is 1. The van der Waals surface area contributed by atoms with Crippen molar-refractivity contribution in [2.75, 3.05) is 5.32 Å². The lowest BCUT2D eigenvalue weighted by Crippen LogP contribution is -2.25. The molecule has 10 heteroatoms. The number of hydrogen-bond donors (Lipinski definition) is 1. The van der Waals surface area contributed by atoms with Gasteiger partial charge >= 0.3 is 0 Å². The van der Waals surface area contributed by atoms with E-state index in [9.17, 15) is 9.18 Å². The minimum Gasteiger partial charge on any atom is -0.302 e. The molecule has 7 nitrogen and oxygen atoms in total. The lowest BCUT2D eigenvalue weighted by molar-refractivity contribution is -0.115. The molecule has 1 N–H and O–H groups in total. The van der Waals surface area contributed by atoms with Crippen LogP contribution in [0.1, 0.15) is 25.3 Å². The molecule has 1 aromatic carbocycles. The minimum atomic E-state index is -0.357. The molecule has 1 atom stereocenters. The van der Waals surface area contributed by atoms with Crippen molar-refractivity contribution in [2.24, 2.45) is 0 Å². The van der Waals surface area contributed by atoms with Gasteiger partial charge in [0, 0.05) is 12.1 Å². The Morgan fingerprint density at radius 2 is 2.11 bits per heavy atom. The SMILES string of the molecule is CC[C@@H](Sc1nnc(-c2cccc(F)c2)n1CC)C(=O)Nc1nnc(C)s1. The van der Waals surface area contributed by atoms with Crippen molar-refractivity contribution >= 4 is 34.1 Å². The van der Waals surface area contributed by atoms with Crippen LogP contribution in [0.4, 0.5) is 9.52 Å². The van der Waals surface area contributed by atoms with Gasteiger partial charge in [-0.2, -0.15) is 0 Å². The zero-order chi connectivity index (χ0) is 19.4. The number of carbonyl (C=O) groups is 1. The largest absolute Gasteiger partial charge is 0.302 e. The van der Waals surface area contributed by atoms with Crippen LogP contribution in [0, 0.1) is 12.7 Å². The third-order valence-electron chi connectivity index (χ3n) is 3.78. The Bertz CT molecular complexity index is 941. The van der Waals surface area contributed by atoms with Crippen LogP contribution in [0.15, 0.2) is 29.4 Å². The molecule has 0 aliphatic carbocycles. The van der Waals surface area contributed by atoms with E-state index in [4.69, 9.17) is 0 Å². The van der Waals surface area contributed by atoms with E-state index in [2.05, 4.69) is 25.7 Å². The summed E-state index contributed by atoms with van der Waals surface area (Å²) < 4.78 is 15.4. The van der Waals surface area contributed by atoms with E-state index in [1.807, 2.05) is 25.3 Å². The van der Waals surface area contributed by atoms with E-state index in [0.29, 0.717) is 34.6 Å². The maximum atomic E-state index is 13.5. The number of nitrogens with zero attached hydrogens (tertiary/aromatic N) is 5. The average molecular weight is 407 g/mol. The van der Waals surface area contributed by atoms with Crippen molar-refractivity contribution in [3.05, 3.63) is 35.1 Å². The molecule has 0 fully saturated rings. The second-order valence-electron chi connectivity index (χ2n) is 5.69. The van der Waals surface area contributed by atoms with E-state index in [-0.39, 0.29) is 17.0 Å². The van der Waals surface area contributed by atoms with Crippen LogP contribution in [0.5, 0.6) is 0 Å². The summed E-state index contributed by atoms with van der Waals surface area (Å²) in [5.74, 6) is 0.0941. The van der Waals surface area contributed by atoms with Gasteiger partial charge in [0.25, 0.3) is 0 Å². The summed E-state index contributed by atoms with van der Waals surface area (Å²) in [4.78, 5) is 12.6. The highest BCUT2D eigenvalue weighted by Gasteiger charge is 2.23. The van der Waals surface area contributed by atoms with Crippen molar-refractivity contribution in [2.45, 2.75) is 44.1 Å². The fourth-order valence-electron chi connectivity index (χ4n) is 2.48. The standard InChI is InChI=1S/C17H19FN6OS2/c1-4-13(15(25)19-16-22-20-10(3)26-16)27-17-23-21-14(24(17)5-2)11-7-6-8-12(18)9-11/h6-9,13H,4-5H2,1-3H3,(H,19,22,25)/t13-/m1/s1. The highest BCUT2D eigenvalue weighted by atomic mass is 32.2. The predicted octanol–water partition coefficient (Wildman–Crippen LogP) is 3.77. The van der Waals surface area contributed by atoms with Crippen LogP contribution in [-0.2, 0) is 11.3 Å². The summed E-state index contributed by atoms with van der Waals surface area (Å²) in [5, 5.41) is 20.6. The first kappa shape index (κ1) is 19.4. The molecule has 0 saturated carbocycles. The van der Waals surface area contributed by atoms with Crippen LogP contribution in [0.3, 0.4) is 0 Å². The van der Waals surface area contributed by atoms with Crippen LogP contribution >= 0.6 is 23.1 Å². The van der Waals surface area contributed by atoms with Gasteiger partial charge in [-0.25, -0.2) is 4.39 Å². The fraction of sp³-hybridized carbons (Fsp3) is 0.353. The molecule has 0 saturated heterocycles. The Hall–Kier alpha value is -2.33. The highest BCUT2D eigenvalue weighted by molar-refractivity contribution is 8.00. The Labute approximate surface area is 164 Å². The predicted molar refractivity (Wildman–Crippen MR) is 104 cm³/mol. The Morgan fingerprint density at radius 1 is 1.30 bits per heavy atom. The maximum absolute atomic E-state index is 13.5. The first-order valence-electron chi connectivity index (χ1n) is 8.48. The van der Waals surface area contributed by atoms with Crippen LogP contribution in [-0.4, -0.2) is 36.1 Å². The van der Waals surface area contributed by atoms with Crippen molar-refractivity contribution < 1.29 is 9.18 Å². The molecule has 0 aliphatic heterocycles.